The first-order valence-corrected chi connectivity index (χ1v) is 9.97. The lowest BCUT2D eigenvalue weighted by atomic mass is 10.1. The van der Waals surface area contributed by atoms with Crippen molar-refractivity contribution in [1.29, 1.82) is 5.41 Å². The highest BCUT2D eigenvalue weighted by Crippen LogP contribution is 2.37. The van der Waals surface area contributed by atoms with E-state index in [0.29, 0.717) is 16.3 Å². The molecule has 3 aromatic rings. The van der Waals surface area contributed by atoms with Crippen LogP contribution in [0.2, 0.25) is 0 Å². The number of anilines is 1. The Kier molecular flexibility index (Phi) is 4.89. The molecule has 0 fully saturated rings. The largest absolute Gasteiger partial charge is 0.510 e. The minimum absolute atomic E-state index is 0.0106. The van der Waals surface area contributed by atoms with E-state index in [-0.39, 0.29) is 18.1 Å². The second kappa shape index (κ2) is 7.28. The number of nitrogens with zero attached hydrogens (tertiary/aromatic N) is 2. The molecule has 1 aliphatic rings. The van der Waals surface area contributed by atoms with Gasteiger partial charge in [-0.2, -0.15) is 13.2 Å². The van der Waals surface area contributed by atoms with Gasteiger partial charge < -0.3 is 10.0 Å². The van der Waals surface area contributed by atoms with Gasteiger partial charge >= 0.3 is 6.18 Å². The zero-order valence-corrected chi connectivity index (χ0v) is 17.0. The molecule has 1 aliphatic heterocycles. The molecule has 4 nitrogen and oxygen atoms in total. The lowest BCUT2D eigenvalue weighted by Crippen LogP contribution is -2.26. The van der Waals surface area contributed by atoms with Crippen molar-refractivity contribution in [3.05, 3.63) is 75.3 Å². The topological polar surface area (TPSA) is 60.2 Å². The molecule has 2 aromatic carbocycles. The third-order valence-corrected chi connectivity index (χ3v) is 5.93. The van der Waals surface area contributed by atoms with Gasteiger partial charge in [0.1, 0.15) is 16.6 Å². The summed E-state index contributed by atoms with van der Waals surface area (Å²) in [7, 11) is 0. The Bertz CT molecular complexity index is 1150. The number of thiazole rings is 1. The summed E-state index contributed by atoms with van der Waals surface area (Å²) in [4.78, 5) is 7.07. The molecule has 0 saturated heterocycles. The van der Waals surface area contributed by atoms with Crippen LogP contribution in [-0.2, 0) is 6.18 Å². The van der Waals surface area contributed by atoms with Crippen molar-refractivity contribution in [1.82, 2.24) is 4.98 Å². The van der Waals surface area contributed by atoms with Crippen LogP contribution < -0.4 is 4.90 Å². The van der Waals surface area contributed by atoms with E-state index in [4.69, 9.17) is 5.41 Å². The van der Waals surface area contributed by atoms with Gasteiger partial charge in [0.15, 0.2) is 0 Å². The van der Waals surface area contributed by atoms with Crippen molar-refractivity contribution in [2.24, 2.45) is 0 Å². The SMILES string of the molecule is Cc1ccc(-c2nc(C3=C(O)CN(c4ccc(C(F)(F)F)cc4)C3=N)sc2C)cc1. The molecule has 1 aromatic heterocycles. The van der Waals surface area contributed by atoms with Crippen molar-refractivity contribution < 1.29 is 18.3 Å². The Hall–Kier alpha value is -3.13. The predicted molar refractivity (Wildman–Crippen MR) is 113 cm³/mol. The number of hydrogen-bond acceptors (Lipinski definition) is 4. The Balaban J connectivity index is 1.63. The second-order valence-electron chi connectivity index (χ2n) is 7.09. The normalized spacial score (nSPS) is 14.7. The Morgan fingerprint density at radius 3 is 2.27 bits per heavy atom. The number of nitrogens with one attached hydrogen (secondary N) is 1. The summed E-state index contributed by atoms with van der Waals surface area (Å²) in [6, 6.07) is 12.5. The number of halogens is 3. The molecule has 2 heterocycles. The molecule has 0 unspecified atom stereocenters. The van der Waals surface area contributed by atoms with Gasteiger partial charge in [-0.25, -0.2) is 4.98 Å². The van der Waals surface area contributed by atoms with Gasteiger partial charge in [-0.3, -0.25) is 5.41 Å². The molecule has 30 heavy (non-hydrogen) atoms. The first-order chi connectivity index (χ1) is 14.1. The maximum atomic E-state index is 12.8. The second-order valence-corrected chi connectivity index (χ2v) is 8.29. The summed E-state index contributed by atoms with van der Waals surface area (Å²) in [5.74, 6) is -0.0134. The van der Waals surface area contributed by atoms with Crippen molar-refractivity contribution in [2.45, 2.75) is 20.0 Å². The molecular formula is C22H18F3N3OS. The van der Waals surface area contributed by atoms with Gasteiger partial charge in [0.2, 0.25) is 0 Å². The third-order valence-electron chi connectivity index (χ3n) is 4.94. The molecule has 8 heteroatoms. The van der Waals surface area contributed by atoms with E-state index in [1.165, 1.54) is 28.4 Å². The fourth-order valence-corrected chi connectivity index (χ4v) is 4.34. The molecule has 0 amide bonds. The molecule has 2 N–H and O–H groups in total. The first kappa shape index (κ1) is 20.2. The summed E-state index contributed by atoms with van der Waals surface area (Å²) in [5, 5.41) is 19.5. The molecular weight excluding hydrogens is 411 g/mol. The van der Waals surface area contributed by atoms with Crippen LogP contribution in [0.25, 0.3) is 16.8 Å². The van der Waals surface area contributed by atoms with Crippen molar-refractivity contribution in [3.8, 4) is 11.3 Å². The molecule has 0 bridgehead atoms. The van der Waals surface area contributed by atoms with E-state index in [1.807, 2.05) is 38.1 Å². The molecule has 154 valence electrons. The Morgan fingerprint density at radius 2 is 1.67 bits per heavy atom. The van der Waals surface area contributed by atoms with E-state index in [2.05, 4.69) is 4.98 Å². The standard InChI is InChI=1S/C22H18F3N3OS/c1-12-3-5-14(6-4-12)19-13(2)30-21(27-19)18-17(29)11-28(20(18)26)16-9-7-15(8-10-16)22(23,24)25/h3-10,26,29H,11H2,1-2H3. The van der Waals surface area contributed by atoms with E-state index >= 15 is 0 Å². The maximum Gasteiger partial charge on any atom is 0.416 e. The monoisotopic (exact) mass is 429 g/mol. The van der Waals surface area contributed by atoms with Gasteiger partial charge in [0.05, 0.1) is 23.4 Å². The van der Waals surface area contributed by atoms with E-state index in [0.717, 1.165) is 33.8 Å². The highest BCUT2D eigenvalue weighted by molar-refractivity contribution is 7.13. The summed E-state index contributed by atoms with van der Waals surface area (Å²) in [6.45, 7) is 3.94. The summed E-state index contributed by atoms with van der Waals surface area (Å²) >= 11 is 1.38. The van der Waals surface area contributed by atoms with Crippen LogP contribution in [-0.4, -0.2) is 22.5 Å². The zero-order valence-electron chi connectivity index (χ0n) is 16.2. The van der Waals surface area contributed by atoms with Gasteiger partial charge in [0, 0.05) is 16.1 Å². The minimum atomic E-state index is -4.42. The van der Waals surface area contributed by atoms with Crippen LogP contribution in [0.3, 0.4) is 0 Å². The van der Waals surface area contributed by atoms with Crippen molar-refractivity contribution in [2.75, 3.05) is 11.4 Å². The maximum absolute atomic E-state index is 12.8. The molecule has 4 rings (SSSR count). The number of alkyl halides is 3. The average molecular weight is 429 g/mol. The number of rotatable bonds is 3. The summed E-state index contributed by atoms with van der Waals surface area (Å²) < 4.78 is 38.4. The highest BCUT2D eigenvalue weighted by Gasteiger charge is 2.33. The fraction of sp³-hybridized carbons (Fsp3) is 0.182. The fourth-order valence-electron chi connectivity index (χ4n) is 3.34. The number of aliphatic hydroxyl groups excluding tert-OH is 1. The average Bonchev–Trinajstić information content (AvgIpc) is 3.21. The highest BCUT2D eigenvalue weighted by atomic mass is 32.1. The lowest BCUT2D eigenvalue weighted by molar-refractivity contribution is -0.137. The van der Waals surface area contributed by atoms with Crippen LogP contribution in [0.1, 0.15) is 21.0 Å². The van der Waals surface area contributed by atoms with Crippen LogP contribution in [0, 0.1) is 19.3 Å². The number of aromatic nitrogens is 1. The van der Waals surface area contributed by atoms with Crippen LogP contribution >= 0.6 is 11.3 Å². The van der Waals surface area contributed by atoms with Gasteiger partial charge in [-0.05, 0) is 38.1 Å². The summed E-state index contributed by atoms with van der Waals surface area (Å²) in [5.41, 5.74) is 2.83. The van der Waals surface area contributed by atoms with E-state index in [1.54, 1.807) is 0 Å². The molecule has 0 saturated carbocycles. The number of hydrogen-bond donors (Lipinski definition) is 2. The van der Waals surface area contributed by atoms with Crippen molar-refractivity contribution >= 4 is 28.4 Å². The van der Waals surface area contributed by atoms with Crippen molar-refractivity contribution in [3.63, 3.8) is 0 Å². The molecule has 0 atom stereocenters. The van der Waals surface area contributed by atoms with Crippen LogP contribution in [0.4, 0.5) is 18.9 Å². The number of benzene rings is 2. The Morgan fingerprint density at radius 1 is 1.03 bits per heavy atom. The summed E-state index contributed by atoms with van der Waals surface area (Å²) in [6.07, 6.45) is -4.42. The smallest absolute Gasteiger partial charge is 0.416 e. The first-order valence-electron chi connectivity index (χ1n) is 9.16. The zero-order chi connectivity index (χ0) is 21.6. The minimum Gasteiger partial charge on any atom is -0.510 e. The quantitative estimate of drug-likeness (QED) is 0.520. The number of aryl methyl sites for hydroxylation is 2. The predicted octanol–water partition coefficient (Wildman–Crippen LogP) is 6.21. The lowest BCUT2D eigenvalue weighted by Gasteiger charge is -2.19. The van der Waals surface area contributed by atoms with E-state index < -0.39 is 11.7 Å². The number of amidine groups is 1. The van der Waals surface area contributed by atoms with E-state index in [9.17, 15) is 18.3 Å². The van der Waals surface area contributed by atoms with Crippen LogP contribution in [0.15, 0.2) is 54.3 Å². The van der Waals surface area contributed by atoms with Gasteiger partial charge in [-0.1, -0.05) is 29.8 Å². The van der Waals surface area contributed by atoms with Gasteiger partial charge in [-0.15, -0.1) is 11.3 Å². The third kappa shape index (κ3) is 3.59. The molecule has 0 spiro atoms. The molecule has 0 aliphatic carbocycles. The van der Waals surface area contributed by atoms with Gasteiger partial charge in [0.25, 0.3) is 0 Å². The van der Waals surface area contributed by atoms with Crippen LogP contribution in [0.5, 0.6) is 0 Å². The molecule has 0 radical (unpaired) electrons. The Labute approximate surface area is 175 Å². The number of aliphatic hydroxyl groups is 1.